The van der Waals surface area contributed by atoms with E-state index >= 15 is 0 Å². The van der Waals surface area contributed by atoms with E-state index in [1.54, 1.807) is 0 Å². The SMILES string of the molecule is CCc1nc(NN)c(C)c(NCC2CN(CC)CCO2)n1. The number of nitrogens with one attached hydrogen (secondary N) is 2. The Morgan fingerprint density at radius 3 is 2.76 bits per heavy atom. The van der Waals surface area contributed by atoms with Crippen molar-refractivity contribution in [2.24, 2.45) is 5.84 Å². The number of ether oxygens (including phenoxy) is 1. The predicted octanol–water partition coefficient (Wildman–Crippen LogP) is 0.766. The minimum absolute atomic E-state index is 0.187. The van der Waals surface area contributed by atoms with Crippen LogP contribution in [0.3, 0.4) is 0 Å². The summed E-state index contributed by atoms with van der Waals surface area (Å²) in [5.41, 5.74) is 3.56. The number of hydrogen-bond acceptors (Lipinski definition) is 7. The van der Waals surface area contributed by atoms with Gasteiger partial charge in [-0.25, -0.2) is 15.8 Å². The van der Waals surface area contributed by atoms with Crippen LogP contribution in [0.5, 0.6) is 0 Å². The summed E-state index contributed by atoms with van der Waals surface area (Å²) < 4.78 is 5.80. The van der Waals surface area contributed by atoms with Crippen molar-refractivity contribution < 1.29 is 4.74 Å². The number of nitrogen functional groups attached to an aromatic ring is 1. The lowest BCUT2D eigenvalue weighted by Crippen LogP contribution is -2.45. The molecule has 118 valence electrons. The average Bonchev–Trinajstić information content (AvgIpc) is 2.54. The standard InChI is InChI=1S/C14H26N6O/c1-4-12-17-13(10(3)14(18-12)19-15)16-8-11-9-20(5-2)6-7-21-11/h11H,4-9,15H2,1-3H3,(H2,16,17,18,19). The molecule has 1 aromatic rings. The summed E-state index contributed by atoms with van der Waals surface area (Å²) in [6.07, 6.45) is 0.958. The predicted molar refractivity (Wildman–Crippen MR) is 84.3 cm³/mol. The first-order valence-electron chi connectivity index (χ1n) is 7.59. The summed E-state index contributed by atoms with van der Waals surface area (Å²) in [5, 5.41) is 3.38. The van der Waals surface area contributed by atoms with Crippen LogP contribution in [0.25, 0.3) is 0 Å². The van der Waals surface area contributed by atoms with Gasteiger partial charge in [-0.15, -0.1) is 0 Å². The van der Waals surface area contributed by atoms with Gasteiger partial charge < -0.3 is 15.5 Å². The Labute approximate surface area is 126 Å². The van der Waals surface area contributed by atoms with E-state index in [0.29, 0.717) is 5.82 Å². The molecule has 1 saturated heterocycles. The highest BCUT2D eigenvalue weighted by molar-refractivity contribution is 5.56. The van der Waals surface area contributed by atoms with Gasteiger partial charge >= 0.3 is 0 Å². The van der Waals surface area contributed by atoms with E-state index in [1.165, 1.54) is 0 Å². The van der Waals surface area contributed by atoms with Gasteiger partial charge in [-0.3, -0.25) is 4.90 Å². The number of hydrazine groups is 1. The third-order valence-electron chi connectivity index (χ3n) is 3.81. The van der Waals surface area contributed by atoms with Crippen LogP contribution in [0.4, 0.5) is 11.6 Å². The van der Waals surface area contributed by atoms with Gasteiger partial charge in [0, 0.05) is 31.6 Å². The fraction of sp³-hybridized carbons (Fsp3) is 0.714. The molecule has 4 N–H and O–H groups in total. The second-order valence-corrected chi connectivity index (χ2v) is 5.23. The highest BCUT2D eigenvalue weighted by Crippen LogP contribution is 2.19. The van der Waals surface area contributed by atoms with Crippen molar-refractivity contribution in [3.63, 3.8) is 0 Å². The van der Waals surface area contributed by atoms with Crippen molar-refractivity contribution in [3.8, 4) is 0 Å². The minimum Gasteiger partial charge on any atom is -0.374 e. The number of aryl methyl sites for hydroxylation is 1. The molecule has 1 unspecified atom stereocenters. The summed E-state index contributed by atoms with van der Waals surface area (Å²) >= 11 is 0. The quantitative estimate of drug-likeness (QED) is 0.527. The number of aromatic nitrogens is 2. The maximum absolute atomic E-state index is 5.80. The van der Waals surface area contributed by atoms with E-state index < -0.39 is 0 Å². The van der Waals surface area contributed by atoms with Crippen LogP contribution < -0.4 is 16.6 Å². The molecule has 1 fully saturated rings. The molecule has 0 aromatic carbocycles. The molecule has 1 aliphatic rings. The number of hydrogen-bond donors (Lipinski definition) is 3. The van der Waals surface area contributed by atoms with Crippen molar-refractivity contribution >= 4 is 11.6 Å². The Morgan fingerprint density at radius 2 is 2.10 bits per heavy atom. The molecule has 7 heteroatoms. The van der Waals surface area contributed by atoms with Crippen molar-refractivity contribution in [1.29, 1.82) is 0 Å². The highest BCUT2D eigenvalue weighted by Gasteiger charge is 2.19. The summed E-state index contributed by atoms with van der Waals surface area (Å²) in [4.78, 5) is 11.3. The number of nitrogens with zero attached hydrogens (tertiary/aromatic N) is 3. The van der Waals surface area contributed by atoms with E-state index in [2.05, 4.69) is 32.5 Å². The second-order valence-electron chi connectivity index (χ2n) is 5.23. The zero-order valence-electron chi connectivity index (χ0n) is 13.1. The monoisotopic (exact) mass is 294 g/mol. The van der Waals surface area contributed by atoms with Crippen LogP contribution in [-0.2, 0) is 11.2 Å². The molecule has 7 nitrogen and oxygen atoms in total. The number of morpholine rings is 1. The molecule has 1 aliphatic heterocycles. The van der Waals surface area contributed by atoms with Crippen LogP contribution in [0.15, 0.2) is 0 Å². The van der Waals surface area contributed by atoms with E-state index in [-0.39, 0.29) is 6.10 Å². The van der Waals surface area contributed by atoms with Crippen molar-refractivity contribution in [2.75, 3.05) is 43.5 Å². The van der Waals surface area contributed by atoms with Gasteiger partial charge in [0.25, 0.3) is 0 Å². The maximum atomic E-state index is 5.80. The topological polar surface area (TPSA) is 88.3 Å². The zero-order valence-corrected chi connectivity index (χ0v) is 13.1. The van der Waals surface area contributed by atoms with Gasteiger partial charge in [0.2, 0.25) is 0 Å². The smallest absolute Gasteiger partial charge is 0.148 e. The lowest BCUT2D eigenvalue weighted by atomic mass is 10.2. The van der Waals surface area contributed by atoms with Gasteiger partial charge in [-0.2, -0.15) is 0 Å². The van der Waals surface area contributed by atoms with E-state index in [1.807, 2.05) is 13.8 Å². The van der Waals surface area contributed by atoms with Crippen LogP contribution in [0, 0.1) is 6.92 Å². The Kier molecular flexibility index (Phi) is 5.72. The summed E-state index contributed by atoms with van der Waals surface area (Å²) in [5.74, 6) is 7.79. The van der Waals surface area contributed by atoms with Gasteiger partial charge in [0.15, 0.2) is 0 Å². The Hall–Kier alpha value is -1.44. The molecule has 2 rings (SSSR count). The average molecular weight is 294 g/mol. The molecule has 0 amide bonds. The number of nitrogens with two attached hydrogens (primary N) is 1. The number of likely N-dealkylation sites (N-methyl/N-ethyl adjacent to an activating group) is 1. The van der Waals surface area contributed by atoms with Crippen LogP contribution >= 0.6 is 0 Å². The maximum Gasteiger partial charge on any atom is 0.148 e. The van der Waals surface area contributed by atoms with Crippen LogP contribution in [0.1, 0.15) is 25.2 Å². The Bertz CT molecular complexity index is 467. The first kappa shape index (κ1) is 15.9. The highest BCUT2D eigenvalue weighted by atomic mass is 16.5. The lowest BCUT2D eigenvalue weighted by molar-refractivity contribution is -0.0192. The van der Waals surface area contributed by atoms with Gasteiger partial charge in [-0.1, -0.05) is 13.8 Å². The summed E-state index contributed by atoms with van der Waals surface area (Å²) in [6, 6.07) is 0. The molecule has 0 spiro atoms. The number of anilines is 2. The molecular formula is C14H26N6O. The molecule has 0 saturated carbocycles. The molecule has 1 aromatic heterocycles. The van der Waals surface area contributed by atoms with E-state index in [9.17, 15) is 0 Å². The number of rotatable bonds is 6. The van der Waals surface area contributed by atoms with Gasteiger partial charge in [0.1, 0.15) is 17.5 Å². The molecule has 0 radical (unpaired) electrons. The summed E-state index contributed by atoms with van der Waals surface area (Å²) in [6.45, 7) is 10.7. The lowest BCUT2D eigenvalue weighted by Gasteiger charge is -2.32. The Morgan fingerprint density at radius 1 is 1.33 bits per heavy atom. The first-order chi connectivity index (χ1) is 10.2. The zero-order chi connectivity index (χ0) is 15.2. The molecule has 0 bridgehead atoms. The molecule has 21 heavy (non-hydrogen) atoms. The third kappa shape index (κ3) is 4.03. The largest absolute Gasteiger partial charge is 0.374 e. The molecule has 2 heterocycles. The minimum atomic E-state index is 0.187. The van der Waals surface area contributed by atoms with Crippen LogP contribution in [-0.4, -0.2) is 53.8 Å². The van der Waals surface area contributed by atoms with E-state index in [4.69, 9.17) is 10.6 Å². The van der Waals surface area contributed by atoms with E-state index in [0.717, 1.165) is 56.4 Å². The fourth-order valence-corrected chi connectivity index (χ4v) is 2.44. The fourth-order valence-electron chi connectivity index (χ4n) is 2.44. The summed E-state index contributed by atoms with van der Waals surface area (Å²) in [7, 11) is 0. The molecule has 0 aliphatic carbocycles. The molecular weight excluding hydrogens is 268 g/mol. The van der Waals surface area contributed by atoms with Crippen LogP contribution in [0.2, 0.25) is 0 Å². The van der Waals surface area contributed by atoms with Crippen molar-refractivity contribution in [3.05, 3.63) is 11.4 Å². The Balaban J connectivity index is 2.02. The second kappa shape index (κ2) is 7.53. The van der Waals surface area contributed by atoms with Gasteiger partial charge in [0.05, 0.1) is 12.7 Å². The first-order valence-corrected chi connectivity index (χ1v) is 7.59. The van der Waals surface area contributed by atoms with Crippen molar-refractivity contribution in [1.82, 2.24) is 14.9 Å². The molecule has 1 atom stereocenters. The normalized spacial score (nSPS) is 19.5. The third-order valence-corrected chi connectivity index (χ3v) is 3.81. The van der Waals surface area contributed by atoms with Gasteiger partial charge in [-0.05, 0) is 13.5 Å². The van der Waals surface area contributed by atoms with Crippen molar-refractivity contribution in [2.45, 2.75) is 33.3 Å².